The Morgan fingerprint density at radius 3 is 2.18 bits per heavy atom. The van der Waals surface area contributed by atoms with E-state index in [9.17, 15) is 13.2 Å². The van der Waals surface area contributed by atoms with E-state index >= 15 is 0 Å². The summed E-state index contributed by atoms with van der Waals surface area (Å²) in [4.78, 5) is 11.7. The quantitative estimate of drug-likeness (QED) is 0.934. The molecule has 0 bridgehead atoms. The molecule has 0 amide bonds. The molecule has 1 aliphatic rings. The molecule has 114 valence electrons. The lowest BCUT2D eigenvalue weighted by Gasteiger charge is -2.11. The molecule has 1 N–H and O–H groups in total. The van der Waals surface area contributed by atoms with E-state index in [1.807, 2.05) is 30.3 Å². The van der Waals surface area contributed by atoms with Crippen molar-refractivity contribution in [2.75, 3.05) is 5.75 Å². The van der Waals surface area contributed by atoms with Gasteiger partial charge in [-0.25, -0.2) is 8.42 Å². The minimum Gasteiger partial charge on any atom is -0.285 e. The van der Waals surface area contributed by atoms with Crippen LogP contribution in [-0.4, -0.2) is 25.3 Å². The Morgan fingerprint density at radius 2 is 1.59 bits per heavy atom. The lowest BCUT2D eigenvalue weighted by atomic mass is 10.1. The fraction of sp³-hybridized carbons (Fsp3) is 0.188. The van der Waals surface area contributed by atoms with Gasteiger partial charge in [0.1, 0.15) is 0 Å². The summed E-state index contributed by atoms with van der Waals surface area (Å²) in [5, 5.41) is -0.107. The Bertz CT molecular complexity index is 771. The van der Waals surface area contributed by atoms with Gasteiger partial charge < -0.3 is 0 Å². The van der Waals surface area contributed by atoms with E-state index in [2.05, 4.69) is 4.72 Å². The molecule has 4 nitrogen and oxygen atoms in total. The monoisotopic (exact) mass is 333 g/mol. The zero-order valence-corrected chi connectivity index (χ0v) is 13.4. The number of nitrogens with one attached hydrogen (secondary N) is 1. The molecule has 22 heavy (non-hydrogen) atoms. The number of carbonyl (C=O) groups is 1. The van der Waals surface area contributed by atoms with Gasteiger partial charge in [-0.05, 0) is 29.7 Å². The molecule has 1 fully saturated rings. The molecule has 1 heterocycles. The summed E-state index contributed by atoms with van der Waals surface area (Å²) in [5.74, 6) is 0.666. The Morgan fingerprint density at radius 1 is 0.955 bits per heavy atom. The summed E-state index contributed by atoms with van der Waals surface area (Å²) in [6.07, 6.45) is 0.546. The van der Waals surface area contributed by atoms with Crippen molar-refractivity contribution in [1.82, 2.24) is 4.72 Å². The van der Waals surface area contributed by atoms with Crippen LogP contribution in [0.3, 0.4) is 0 Å². The van der Waals surface area contributed by atoms with Crippen molar-refractivity contribution in [3.05, 3.63) is 54.6 Å². The van der Waals surface area contributed by atoms with Crippen LogP contribution >= 0.6 is 11.8 Å². The molecule has 0 aromatic heterocycles. The molecule has 6 heteroatoms. The van der Waals surface area contributed by atoms with Crippen molar-refractivity contribution in [3.8, 4) is 11.1 Å². The number of thioether (sulfide) groups is 1. The number of sulfonamides is 1. The van der Waals surface area contributed by atoms with Crippen LogP contribution in [0, 0.1) is 0 Å². The van der Waals surface area contributed by atoms with E-state index in [4.69, 9.17) is 0 Å². The van der Waals surface area contributed by atoms with Crippen LogP contribution in [0.15, 0.2) is 59.5 Å². The number of benzene rings is 2. The van der Waals surface area contributed by atoms with E-state index in [1.54, 1.807) is 24.3 Å². The average molecular weight is 333 g/mol. The number of hydrogen-bond acceptors (Lipinski definition) is 4. The molecule has 1 unspecified atom stereocenters. The van der Waals surface area contributed by atoms with Crippen LogP contribution < -0.4 is 4.72 Å². The summed E-state index contributed by atoms with van der Waals surface area (Å²) in [6.45, 7) is 0. The molecule has 1 atom stereocenters. The van der Waals surface area contributed by atoms with Gasteiger partial charge in [-0.1, -0.05) is 54.2 Å². The van der Waals surface area contributed by atoms with Crippen LogP contribution in [0.1, 0.15) is 6.42 Å². The van der Waals surface area contributed by atoms with Crippen molar-refractivity contribution in [2.24, 2.45) is 0 Å². The zero-order chi connectivity index (χ0) is 15.6. The Labute approximate surface area is 134 Å². The smallest absolute Gasteiger partial charge is 0.241 e. The van der Waals surface area contributed by atoms with Gasteiger partial charge in [0, 0.05) is 5.75 Å². The normalized spacial score (nSPS) is 18.5. The lowest BCUT2D eigenvalue weighted by Crippen LogP contribution is -2.37. The van der Waals surface area contributed by atoms with Gasteiger partial charge in [0.25, 0.3) is 0 Å². The Kier molecular flexibility index (Phi) is 4.33. The van der Waals surface area contributed by atoms with Gasteiger partial charge in [0.2, 0.25) is 15.1 Å². The van der Waals surface area contributed by atoms with Crippen molar-refractivity contribution in [1.29, 1.82) is 0 Å². The predicted octanol–water partition coefficient (Wildman–Crippen LogP) is 2.66. The molecule has 0 spiro atoms. The molecule has 2 aromatic carbocycles. The first kappa shape index (κ1) is 15.3. The molecule has 3 rings (SSSR count). The van der Waals surface area contributed by atoms with Gasteiger partial charge in [0.05, 0.1) is 10.9 Å². The summed E-state index contributed by atoms with van der Waals surface area (Å²) in [7, 11) is -3.66. The molecule has 1 aliphatic heterocycles. The van der Waals surface area contributed by atoms with Crippen molar-refractivity contribution >= 4 is 26.9 Å². The zero-order valence-electron chi connectivity index (χ0n) is 11.7. The summed E-state index contributed by atoms with van der Waals surface area (Å²) >= 11 is 1.18. The highest BCUT2D eigenvalue weighted by Crippen LogP contribution is 2.23. The molecular weight excluding hydrogens is 318 g/mol. The largest absolute Gasteiger partial charge is 0.285 e. The van der Waals surface area contributed by atoms with Crippen LogP contribution in [0.4, 0.5) is 0 Å². The van der Waals surface area contributed by atoms with Gasteiger partial charge in [0.15, 0.2) is 0 Å². The Hall–Kier alpha value is -1.63. The number of rotatable bonds is 4. The second kappa shape index (κ2) is 6.24. The molecule has 0 radical (unpaired) electrons. The second-order valence-corrected chi connectivity index (χ2v) is 7.83. The maximum atomic E-state index is 12.3. The summed E-state index contributed by atoms with van der Waals surface area (Å²) < 4.78 is 27.1. The van der Waals surface area contributed by atoms with Crippen LogP contribution in [0.5, 0.6) is 0 Å². The maximum absolute atomic E-state index is 12.3. The number of hydrogen-bond donors (Lipinski definition) is 1. The number of carbonyl (C=O) groups excluding carboxylic acids is 1. The van der Waals surface area contributed by atoms with E-state index < -0.39 is 16.1 Å². The first-order chi connectivity index (χ1) is 10.6. The third-order valence-electron chi connectivity index (χ3n) is 3.50. The van der Waals surface area contributed by atoms with Gasteiger partial charge in [-0.15, -0.1) is 0 Å². The fourth-order valence-corrected chi connectivity index (χ4v) is 4.55. The van der Waals surface area contributed by atoms with E-state index in [0.29, 0.717) is 12.2 Å². The SMILES string of the molecule is O=C1SCCC1NS(=O)(=O)c1ccc(-c2ccccc2)cc1. The third-order valence-corrected chi connectivity index (χ3v) is 6.00. The molecule has 1 saturated heterocycles. The second-order valence-electron chi connectivity index (χ2n) is 5.02. The third kappa shape index (κ3) is 3.24. The van der Waals surface area contributed by atoms with Gasteiger partial charge in [-0.3, -0.25) is 4.79 Å². The topological polar surface area (TPSA) is 63.2 Å². The van der Waals surface area contributed by atoms with Crippen LogP contribution in [0.25, 0.3) is 11.1 Å². The molecule has 0 aliphatic carbocycles. The lowest BCUT2D eigenvalue weighted by molar-refractivity contribution is -0.111. The molecular formula is C16H15NO3S2. The average Bonchev–Trinajstić information content (AvgIpc) is 2.93. The van der Waals surface area contributed by atoms with Gasteiger partial charge >= 0.3 is 0 Å². The van der Waals surface area contributed by atoms with E-state index in [-0.39, 0.29) is 10.0 Å². The standard InChI is InChI=1S/C16H15NO3S2/c18-16-15(10-11-21-16)17-22(19,20)14-8-6-13(7-9-14)12-4-2-1-3-5-12/h1-9,15,17H,10-11H2. The van der Waals surface area contributed by atoms with Gasteiger partial charge in [-0.2, -0.15) is 4.72 Å². The Balaban J connectivity index is 1.81. The highest BCUT2D eigenvalue weighted by atomic mass is 32.2. The van der Waals surface area contributed by atoms with Crippen molar-refractivity contribution < 1.29 is 13.2 Å². The maximum Gasteiger partial charge on any atom is 0.241 e. The van der Waals surface area contributed by atoms with Crippen molar-refractivity contribution in [3.63, 3.8) is 0 Å². The van der Waals surface area contributed by atoms with Crippen LogP contribution in [-0.2, 0) is 14.8 Å². The van der Waals surface area contributed by atoms with E-state index in [0.717, 1.165) is 11.1 Å². The van der Waals surface area contributed by atoms with Crippen LogP contribution in [0.2, 0.25) is 0 Å². The molecule has 0 saturated carbocycles. The molecule has 2 aromatic rings. The first-order valence-corrected chi connectivity index (χ1v) is 9.37. The fourth-order valence-electron chi connectivity index (χ4n) is 2.32. The minimum atomic E-state index is -3.66. The minimum absolute atomic E-state index is 0.107. The van der Waals surface area contributed by atoms with Crippen molar-refractivity contribution in [2.45, 2.75) is 17.4 Å². The first-order valence-electron chi connectivity index (χ1n) is 6.91. The predicted molar refractivity (Wildman–Crippen MR) is 88.1 cm³/mol. The van der Waals surface area contributed by atoms with E-state index in [1.165, 1.54) is 11.8 Å². The highest BCUT2D eigenvalue weighted by molar-refractivity contribution is 8.14. The highest BCUT2D eigenvalue weighted by Gasteiger charge is 2.30. The summed E-state index contributed by atoms with van der Waals surface area (Å²) in [6, 6.07) is 15.8. The summed E-state index contributed by atoms with van der Waals surface area (Å²) in [5.41, 5.74) is 1.98.